The molecule has 1 aromatic rings. The van der Waals surface area contributed by atoms with Crippen LogP contribution in [0, 0.1) is 10.1 Å². The molecule has 3 N–H and O–H groups in total. The van der Waals surface area contributed by atoms with Gasteiger partial charge >= 0.3 is 0 Å². The molecule has 1 aromatic carbocycles. The largest absolute Gasteiger partial charge is 0.396 e. The number of nitro groups is 1. The molecule has 6 heteroatoms. The fraction of sp³-hybridized carbons (Fsp3) is 0.400. The molecule has 5 nitrogen and oxygen atoms in total. The zero-order valence-electron chi connectivity index (χ0n) is 8.60. The zero-order chi connectivity index (χ0) is 12.1. The summed E-state index contributed by atoms with van der Waals surface area (Å²) >= 11 is 5.68. The number of nitrogens with zero attached hydrogens (tertiary/aromatic N) is 1. The highest BCUT2D eigenvalue weighted by atomic mass is 35.5. The lowest BCUT2D eigenvalue weighted by molar-refractivity contribution is -0.384. The molecule has 0 radical (unpaired) electrons. The van der Waals surface area contributed by atoms with Crippen LogP contribution in [0.2, 0.25) is 5.02 Å². The maximum atomic E-state index is 10.7. The van der Waals surface area contributed by atoms with Crippen LogP contribution < -0.4 is 5.73 Å². The molecule has 88 valence electrons. The Kier molecular flexibility index (Phi) is 4.67. The maximum absolute atomic E-state index is 10.7. The second-order valence-corrected chi connectivity index (χ2v) is 3.85. The Bertz CT molecular complexity index is 384. The molecule has 0 saturated heterocycles. The van der Waals surface area contributed by atoms with Crippen molar-refractivity contribution in [1.29, 1.82) is 0 Å². The molecule has 0 amide bonds. The van der Waals surface area contributed by atoms with Crippen molar-refractivity contribution >= 4 is 17.3 Å². The standard InChI is InChI=1S/C10H13ClN2O3/c11-8-4-3-7(6-10(8)13(15)16)9(12)2-1-5-14/h3-4,6,9,14H,1-2,5,12H2/t9-/m0/s1. The smallest absolute Gasteiger partial charge is 0.288 e. The van der Waals surface area contributed by atoms with Gasteiger partial charge in [0.05, 0.1) is 4.92 Å². The van der Waals surface area contributed by atoms with Gasteiger partial charge in [0.25, 0.3) is 5.69 Å². The third-order valence-corrected chi connectivity index (χ3v) is 2.59. The molecule has 0 saturated carbocycles. The highest BCUT2D eigenvalue weighted by molar-refractivity contribution is 6.32. The zero-order valence-corrected chi connectivity index (χ0v) is 9.35. The number of benzene rings is 1. The summed E-state index contributed by atoms with van der Waals surface area (Å²) in [7, 11) is 0. The molecule has 1 rings (SSSR count). The van der Waals surface area contributed by atoms with E-state index in [1.54, 1.807) is 6.07 Å². The Morgan fingerprint density at radius 1 is 1.56 bits per heavy atom. The van der Waals surface area contributed by atoms with Crippen molar-refractivity contribution < 1.29 is 10.0 Å². The molecule has 0 aliphatic carbocycles. The Hall–Kier alpha value is -1.17. The van der Waals surface area contributed by atoms with Gasteiger partial charge in [0, 0.05) is 18.7 Å². The average Bonchev–Trinajstić information content (AvgIpc) is 2.26. The predicted molar refractivity (Wildman–Crippen MR) is 61.4 cm³/mol. The van der Waals surface area contributed by atoms with Gasteiger partial charge in [-0.1, -0.05) is 17.7 Å². The van der Waals surface area contributed by atoms with E-state index in [1.807, 2.05) is 0 Å². The average molecular weight is 245 g/mol. The first-order chi connectivity index (χ1) is 7.56. The van der Waals surface area contributed by atoms with Crippen LogP contribution in [0.1, 0.15) is 24.4 Å². The van der Waals surface area contributed by atoms with Gasteiger partial charge in [0.2, 0.25) is 0 Å². The van der Waals surface area contributed by atoms with E-state index >= 15 is 0 Å². The third kappa shape index (κ3) is 3.16. The Labute approximate surface area is 98.0 Å². The molecule has 0 aromatic heterocycles. The minimum atomic E-state index is -0.537. The lowest BCUT2D eigenvalue weighted by Gasteiger charge is -2.11. The van der Waals surface area contributed by atoms with Gasteiger partial charge in [-0.15, -0.1) is 0 Å². The van der Waals surface area contributed by atoms with E-state index in [9.17, 15) is 10.1 Å². The van der Waals surface area contributed by atoms with E-state index in [1.165, 1.54) is 12.1 Å². The second kappa shape index (κ2) is 5.79. The summed E-state index contributed by atoms with van der Waals surface area (Å²) in [6.45, 7) is 0.0589. The molecule has 1 atom stereocenters. The van der Waals surface area contributed by atoms with E-state index < -0.39 is 4.92 Å². The Morgan fingerprint density at radius 2 is 2.25 bits per heavy atom. The summed E-state index contributed by atoms with van der Waals surface area (Å²) in [5.74, 6) is 0. The number of aliphatic hydroxyl groups excluding tert-OH is 1. The summed E-state index contributed by atoms with van der Waals surface area (Å²) in [4.78, 5) is 10.1. The molecule has 0 fully saturated rings. The minimum absolute atomic E-state index is 0.0589. The fourth-order valence-corrected chi connectivity index (χ4v) is 1.56. The van der Waals surface area contributed by atoms with Gasteiger partial charge in [0.1, 0.15) is 5.02 Å². The van der Waals surface area contributed by atoms with Crippen LogP contribution in [-0.4, -0.2) is 16.6 Å². The molecular weight excluding hydrogens is 232 g/mol. The third-order valence-electron chi connectivity index (χ3n) is 2.27. The molecule has 0 spiro atoms. The van der Waals surface area contributed by atoms with Crippen LogP contribution in [0.25, 0.3) is 0 Å². The van der Waals surface area contributed by atoms with Crippen molar-refractivity contribution in [2.45, 2.75) is 18.9 Å². The van der Waals surface area contributed by atoms with Crippen molar-refractivity contribution in [3.05, 3.63) is 38.9 Å². The Balaban J connectivity index is 2.89. The lowest BCUT2D eigenvalue weighted by Crippen LogP contribution is -2.11. The quantitative estimate of drug-likeness (QED) is 0.613. The fourth-order valence-electron chi connectivity index (χ4n) is 1.38. The van der Waals surface area contributed by atoms with Crippen LogP contribution in [0.15, 0.2) is 18.2 Å². The first kappa shape index (κ1) is 12.9. The number of nitrogens with two attached hydrogens (primary N) is 1. The highest BCUT2D eigenvalue weighted by Gasteiger charge is 2.15. The molecule has 0 aliphatic rings. The van der Waals surface area contributed by atoms with Crippen molar-refractivity contribution in [2.24, 2.45) is 5.73 Å². The van der Waals surface area contributed by atoms with Gasteiger partial charge in [-0.2, -0.15) is 0 Å². The van der Waals surface area contributed by atoms with Crippen molar-refractivity contribution in [2.75, 3.05) is 6.61 Å². The second-order valence-electron chi connectivity index (χ2n) is 3.44. The van der Waals surface area contributed by atoms with Crippen LogP contribution in [-0.2, 0) is 0 Å². The van der Waals surface area contributed by atoms with Crippen LogP contribution in [0.4, 0.5) is 5.69 Å². The van der Waals surface area contributed by atoms with E-state index in [0.717, 1.165) is 0 Å². The molecule has 0 bridgehead atoms. The van der Waals surface area contributed by atoms with E-state index in [-0.39, 0.29) is 23.4 Å². The Morgan fingerprint density at radius 3 is 2.81 bits per heavy atom. The van der Waals surface area contributed by atoms with Crippen LogP contribution in [0.5, 0.6) is 0 Å². The van der Waals surface area contributed by atoms with Crippen LogP contribution >= 0.6 is 11.6 Å². The molecule has 0 aliphatic heterocycles. The topological polar surface area (TPSA) is 89.4 Å². The number of rotatable bonds is 5. The van der Waals surface area contributed by atoms with Crippen molar-refractivity contribution in [3.8, 4) is 0 Å². The van der Waals surface area contributed by atoms with Gasteiger partial charge in [-0.25, -0.2) is 0 Å². The van der Waals surface area contributed by atoms with Gasteiger partial charge in [-0.05, 0) is 24.5 Å². The molecular formula is C10H13ClN2O3. The first-order valence-electron chi connectivity index (χ1n) is 4.86. The normalized spacial score (nSPS) is 12.4. The SMILES string of the molecule is N[C@@H](CCCO)c1ccc(Cl)c([N+](=O)[O-])c1. The highest BCUT2D eigenvalue weighted by Crippen LogP contribution is 2.28. The number of halogens is 1. The van der Waals surface area contributed by atoms with E-state index in [0.29, 0.717) is 18.4 Å². The minimum Gasteiger partial charge on any atom is -0.396 e. The van der Waals surface area contributed by atoms with Crippen molar-refractivity contribution in [1.82, 2.24) is 0 Å². The summed E-state index contributed by atoms with van der Waals surface area (Å²) in [5, 5.41) is 19.4. The number of hydrogen-bond acceptors (Lipinski definition) is 4. The van der Waals surface area contributed by atoms with E-state index in [4.69, 9.17) is 22.4 Å². The molecule has 0 unspecified atom stereocenters. The summed E-state index contributed by atoms with van der Waals surface area (Å²) in [5.41, 5.74) is 6.34. The van der Waals surface area contributed by atoms with Crippen molar-refractivity contribution in [3.63, 3.8) is 0 Å². The maximum Gasteiger partial charge on any atom is 0.288 e. The van der Waals surface area contributed by atoms with Gasteiger partial charge in [-0.3, -0.25) is 10.1 Å². The van der Waals surface area contributed by atoms with Gasteiger partial charge in [0.15, 0.2) is 0 Å². The predicted octanol–water partition coefficient (Wildman–Crippen LogP) is 2.02. The summed E-state index contributed by atoms with van der Waals surface area (Å²) in [6, 6.07) is 4.19. The first-order valence-corrected chi connectivity index (χ1v) is 5.24. The number of nitro benzene ring substituents is 1. The van der Waals surface area contributed by atoms with Crippen LogP contribution in [0.3, 0.4) is 0 Å². The van der Waals surface area contributed by atoms with Gasteiger partial charge < -0.3 is 10.8 Å². The lowest BCUT2D eigenvalue weighted by atomic mass is 10.0. The summed E-state index contributed by atoms with van der Waals surface area (Å²) < 4.78 is 0. The van der Waals surface area contributed by atoms with E-state index in [2.05, 4.69) is 0 Å². The molecule has 0 heterocycles. The summed E-state index contributed by atoms with van der Waals surface area (Å²) in [6.07, 6.45) is 1.15. The number of hydrogen-bond donors (Lipinski definition) is 2. The number of aliphatic hydroxyl groups is 1. The monoisotopic (exact) mass is 244 g/mol. The molecule has 16 heavy (non-hydrogen) atoms.